The lowest BCUT2D eigenvalue weighted by molar-refractivity contribution is -0.119. The van der Waals surface area contributed by atoms with E-state index in [0.717, 1.165) is 28.9 Å². The number of nitrogens with zero attached hydrogens (tertiary/aromatic N) is 3. The molecule has 0 radical (unpaired) electrons. The molecule has 4 aromatic rings. The topological polar surface area (TPSA) is 89.0 Å². The summed E-state index contributed by atoms with van der Waals surface area (Å²) in [6, 6.07) is 20.2. The lowest BCUT2D eigenvalue weighted by Crippen LogP contribution is -2.44. The molecule has 6 rings (SSSR count). The highest BCUT2D eigenvalue weighted by molar-refractivity contribution is 7.90. The second-order valence-corrected chi connectivity index (χ2v) is 12.5. The van der Waals surface area contributed by atoms with Gasteiger partial charge in [0.2, 0.25) is 5.91 Å². The van der Waals surface area contributed by atoms with Crippen molar-refractivity contribution in [3.05, 3.63) is 77.9 Å². The number of hydrogen-bond acceptors (Lipinski definition) is 8. The highest BCUT2D eigenvalue weighted by atomic mass is 35.5. The van der Waals surface area contributed by atoms with Gasteiger partial charge in [0.05, 0.1) is 34.2 Å². The average Bonchev–Trinajstić information content (AvgIpc) is 3.35. The molecule has 2 aliphatic heterocycles. The molecule has 3 aromatic carbocycles. The highest BCUT2D eigenvalue weighted by Crippen LogP contribution is 2.45. The molecule has 11 heteroatoms. The first-order chi connectivity index (χ1) is 18.4. The van der Waals surface area contributed by atoms with Gasteiger partial charge in [-0.3, -0.25) is 14.6 Å². The summed E-state index contributed by atoms with van der Waals surface area (Å²) in [5, 5.41) is 0.547. The van der Waals surface area contributed by atoms with Gasteiger partial charge in [0.25, 0.3) is 0 Å². The first-order valence-corrected chi connectivity index (χ1v) is 15.2. The van der Waals surface area contributed by atoms with Gasteiger partial charge in [0.15, 0.2) is 15.0 Å². The van der Waals surface area contributed by atoms with E-state index >= 15 is 0 Å². The van der Waals surface area contributed by atoms with Gasteiger partial charge in [-0.2, -0.15) is 0 Å². The van der Waals surface area contributed by atoms with Crippen LogP contribution in [0.1, 0.15) is 17.0 Å². The second-order valence-electron chi connectivity index (χ2n) is 9.45. The van der Waals surface area contributed by atoms with E-state index in [1.54, 1.807) is 23.1 Å². The van der Waals surface area contributed by atoms with Gasteiger partial charge in [-0.05, 0) is 30.3 Å². The summed E-state index contributed by atoms with van der Waals surface area (Å²) in [7, 11) is -3.36. The van der Waals surface area contributed by atoms with E-state index in [9.17, 15) is 13.2 Å². The number of fused-ring (bicyclic) bond motifs is 3. The predicted molar refractivity (Wildman–Crippen MR) is 154 cm³/mol. The number of sulfone groups is 1. The normalized spacial score (nSPS) is 15.6. The number of morpholine rings is 1. The lowest BCUT2D eigenvalue weighted by atomic mass is 9.87. The largest absolute Gasteiger partial charge is 0.457 e. The molecule has 1 fully saturated rings. The minimum atomic E-state index is -3.36. The van der Waals surface area contributed by atoms with Crippen molar-refractivity contribution in [3.8, 4) is 11.5 Å². The fourth-order valence-corrected chi connectivity index (χ4v) is 6.70. The Hall–Kier alpha value is -3.02. The molecule has 0 saturated carbocycles. The number of amides is 1. The average molecular weight is 586 g/mol. The van der Waals surface area contributed by atoms with E-state index < -0.39 is 15.8 Å². The summed E-state index contributed by atoms with van der Waals surface area (Å²) in [4.78, 5) is 23.6. The molecule has 1 saturated heterocycles. The van der Waals surface area contributed by atoms with Crippen LogP contribution in [0.4, 0.5) is 5.13 Å². The molecule has 8 nitrogen and oxygen atoms in total. The Morgan fingerprint density at radius 2 is 1.67 bits per heavy atom. The Balaban J connectivity index is 0.00000308. The molecule has 204 valence electrons. The number of halogens is 1. The first kappa shape index (κ1) is 27.5. The molecule has 0 spiro atoms. The number of rotatable bonds is 6. The van der Waals surface area contributed by atoms with Crippen molar-refractivity contribution in [3.63, 3.8) is 0 Å². The quantitative estimate of drug-likeness (QED) is 0.323. The van der Waals surface area contributed by atoms with Crippen molar-refractivity contribution in [1.29, 1.82) is 0 Å². The van der Waals surface area contributed by atoms with E-state index in [-0.39, 0.29) is 23.2 Å². The Morgan fingerprint density at radius 1 is 1.03 bits per heavy atom. The zero-order valence-electron chi connectivity index (χ0n) is 21.3. The summed E-state index contributed by atoms with van der Waals surface area (Å²) in [6.07, 6.45) is 1.19. The summed E-state index contributed by atoms with van der Waals surface area (Å²) >= 11 is 1.33. The summed E-state index contributed by atoms with van der Waals surface area (Å²) in [5.41, 5.74) is 2.29. The van der Waals surface area contributed by atoms with Crippen LogP contribution in [0.3, 0.4) is 0 Å². The Bertz CT molecular complexity index is 1570. The van der Waals surface area contributed by atoms with Crippen LogP contribution >= 0.6 is 23.7 Å². The molecule has 2 aliphatic rings. The minimum absolute atomic E-state index is 0. The fraction of sp³-hybridized carbons (Fsp3) is 0.286. The van der Waals surface area contributed by atoms with Crippen molar-refractivity contribution in [2.45, 2.75) is 10.8 Å². The molecule has 39 heavy (non-hydrogen) atoms. The van der Waals surface area contributed by atoms with Gasteiger partial charge in [-0.1, -0.05) is 47.7 Å². The minimum Gasteiger partial charge on any atom is -0.457 e. The van der Waals surface area contributed by atoms with Crippen LogP contribution in [0.2, 0.25) is 0 Å². The monoisotopic (exact) mass is 585 g/mol. The standard InChI is InChI=1S/C28H27N3O5S2.ClH/c1-38(33,34)19-10-11-22-25(18-19)37-28(29-22)31(13-12-30-14-16-35-17-15-30)27(32)26-20-6-2-4-8-23(20)36-24-9-5-3-7-21(24)26;/h2-11,18,26H,12-17H2,1H3;1H. The molecule has 0 atom stereocenters. The Kier molecular flexibility index (Phi) is 7.93. The van der Waals surface area contributed by atoms with E-state index in [2.05, 4.69) is 4.90 Å². The van der Waals surface area contributed by atoms with Crippen LogP contribution in [0.25, 0.3) is 10.2 Å². The molecule has 0 bridgehead atoms. The van der Waals surface area contributed by atoms with E-state index in [1.165, 1.54) is 17.6 Å². The molecule has 1 aromatic heterocycles. The lowest BCUT2D eigenvalue weighted by Gasteiger charge is -2.33. The number of para-hydroxylation sites is 2. The smallest absolute Gasteiger partial charge is 0.241 e. The van der Waals surface area contributed by atoms with Gasteiger partial charge >= 0.3 is 0 Å². The number of carbonyl (C=O) groups excluding carboxylic acids is 1. The first-order valence-electron chi connectivity index (χ1n) is 12.5. The van der Waals surface area contributed by atoms with Gasteiger partial charge < -0.3 is 9.47 Å². The number of aromatic nitrogens is 1. The van der Waals surface area contributed by atoms with Crippen molar-refractivity contribution in [2.24, 2.45) is 0 Å². The molecule has 0 unspecified atom stereocenters. The number of hydrogen-bond donors (Lipinski definition) is 0. The van der Waals surface area contributed by atoms with Crippen LogP contribution in [-0.2, 0) is 19.4 Å². The Morgan fingerprint density at radius 3 is 2.31 bits per heavy atom. The molecule has 0 N–H and O–H groups in total. The number of anilines is 1. The van der Waals surface area contributed by atoms with Gasteiger partial charge in [0.1, 0.15) is 11.5 Å². The van der Waals surface area contributed by atoms with E-state index in [1.807, 2.05) is 48.5 Å². The zero-order valence-corrected chi connectivity index (χ0v) is 23.7. The van der Waals surface area contributed by atoms with Crippen molar-refractivity contribution in [1.82, 2.24) is 9.88 Å². The number of ether oxygens (including phenoxy) is 2. The SMILES string of the molecule is CS(=O)(=O)c1ccc2nc(N(CCN3CCOCC3)C(=O)C3c4ccccc4Oc4ccccc43)sc2c1.Cl. The van der Waals surface area contributed by atoms with Crippen molar-refractivity contribution < 1.29 is 22.7 Å². The molecule has 3 heterocycles. The number of carbonyl (C=O) groups is 1. The van der Waals surface area contributed by atoms with Crippen LogP contribution in [0, 0.1) is 0 Å². The third kappa shape index (κ3) is 5.53. The van der Waals surface area contributed by atoms with E-state index in [4.69, 9.17) is 14.5 Å². The maximum Gasteiger partial charge on any atom is 0.241 e. The van der Waals surface area contributed by atoms with Gasteiger partial charge in [-0.15, -0.1) is 12.4 Å². The Labute approximate surface area is 237 Å². The maximum atomic E-state index is 14.5. The zero-order chi connectivity index (χ0) is 26.3. The van der Waals surface area contributed by atoms with Crippen molar-refractivity contribution in [2.75, 3.05) is 50.5 Å². The molecular formula is C28H28ClN3O5S2. The highest BCUT2D eigenvalue weighted by Gasteiger charge is 2.36. The van der Waals surface area contributed by atoms with Gasteiger partial charge in [0, 0.05) is 43.6 Å². The van der Waals surface area contributed by atoms with Gasteiger partial charge in [-0.25, -0.2) is 13.4 Å². The number of benzene rings is 3. The predicted octanol–water partition coefficient (Wildman–Crippen LogP) is 4.72. The van der Waals surface area contributed by atoms with Crippen LogP contribution < -0.4 is 9.64 Å². The van der Waals surface area contributed by atoms with Crippen LogP contribution in [0.5, 0.6) is 11.5 Å². The summed E-state index contributed by atoms with van der Waals surface area (Å²) in [6.45, 7) is 4.07. The molecular weight excluding hydrogens is 558 g/mol. The van der Waals surface area contributed by atoms with Crippen LogP contribution in [0.15, 0.2) is 71.6 Å². The van der Waals surface area contributed by atoms with Crippen molar-refractivity contribution >= 4 is 54.8 Å². The number of thiazole rings is 1. The summed E-state index contributed by atoms with van der Waals surface area (Å²) < 4.78 is 36.6. The summed E-state index contributed by atoms with van der Waals surface area (Å²) in [5.74, 6) is 0.683. The maximum absolute atomic E-state index is 14.5. The second kappa shape index (κ2) is 11.2. The third-order valence-electron chi connectivity index (χ3n) is 6.94. The molecule has 0 aliphatic carbocycles. The van der Waals surface area contributed by atoms with Crippen LogP contribution in [-0.4, -0.2) is 69.9 Å². The van der Waals surface area contributed by atoms with E-state index in [0.29, 0.717) is 48.5 Å². The molecule has 1 amide bonds. The third-order valence-corrected chi connectivity index (χ3v) is 9.10. The fourth-order valence-electron chi connectivity index (χ4n) is 4.94.